The van der Waals surface area contributed by atoms with Gasteiger partial charge in [-0.05, 0) is 80.9 Å². The fourth-order valence-electron chi connectivity index (χ4n) is 9.34. The number of hydrogen-bond acceptors (Lipinski definition) is 2. The number of nitrogens with zero attached hydrogens (tertiary/aromatic N) is 1. The minimum absolute atomic E-state index is 0.480. The van der Waals surface area contributed by atoms with Crippen molar-refractivity contribution in [1.82, 2.24) is 0 Å². The molecule has 1 aliphatic carbocycles. The topological polar surface area (TPSA) is 16.4 Å². The number of anilines is 3. The lowest BCUT2D eigenvalue weighted by molar-refractivity contribution is 0.673. The monoisotopic (exact) mass is 701 g/mol. The van der Waals surface area contributed by atoms with Gasteiger partial charge in [0.2, 0.25) is 0 Å². The molecular formula is C53H35NO. The molecule has 0 saturated heterocycles. The highest BCUT2D eigenvalue weighted by molar-refractivity contribution is 6.23. The minimum atomic E-state index is -0.480. The highest BCUT2D eigenvalue weighted by Gasteiger charge is 2.46. The van der Waals surface area contributed by atoms with E-state index in [0.29, 0.717) is 0 Å². The van der Waals surface area contributed by atoms with E-state index in [4.69, 9.17) is 4.42 Å². The van der Waals surface area contributed by atoms with Crippen molar-refractivity contribution in [2.45, 2.75) is 5.41 Å². The maximum Gasteiger partial charge on any atom is 0.143 e. The Labute approximate surface area is 320 Å². The van der Waals surface area contributed by atoms with Crippen LogP contribution in [0.1, 0.15) is 22.3 Å². The van der Waals surface area contributed by atoms with Gasteiger partial charge in [-0.15, -0.1) is 0 Å². The molecule has 0 fully saturated rings. The molecule has 2 heteroatoms. The second-order valence-corrected chi connectivity index (χ2v) is 14.4. The molecule has 11 rings (SSSR count). The Morgan fingerprint density at radius 3 is 1.56 bits per heavy atom. The lowest BCUT2D eigenvalue weighted by Crippen LogP contribution is -2.28. The van der Waals surface area contributed by atoms with Crippen molar-refractivity contribution in [2.24, 2.45) is 0 Å². The molecule has 0 amide bonds. The summed E-state index contributed by atoms with van der Waals surface area (Å²) >= 11 is 0. The van der Waals surface area contributed by atoms with Crippen LogP contribution in [-0.4, -0.2) is 0 Å². The van der Waals surface area contributed by atoms with Gasteiger partial charge in [-0.2, -0.15) is 0 Å². The number of fused-ring (bicyclic) bond motifs is 8. The maximum absolute atomic E-state index is 6.92. The molecule has 10 aromatic rings. The molecule has 0 saturated carbocycles. The first-order valence-electron chi connectivity index (χ1n) is 18.9. The van der Waals surface area contributed by atoms with Crippen LogP contribution in [0.25, 0.3) is 55.0 Å². The van der Waals surface area contributed by atoms with E-state index in [-0.39, 0.29) is 0 Å². The van der Waals surface area contributed by atoms with Gasteiger partial charge in [-0.3, -0.25) is 0 Å². The molecule has 0 bridgehead atoms. The van der Waals surface area contributed by atoms with Crippen molar-refractivity contribution in [3.8, 4) is 22.3 Å². The molecule has 0 N–H and O–H groups in total. The highest BCUT2D eigenvalue weighted by atomic mass is 16.3. The van der Waals surface area contributed by atoms with Crippen LogP contribution in [0.3, 0.4) is 0 Å². The van der Waals surface area contributed by atoms with Crippen LogP contribution in [0.4, 0.5) is 17.1 Å². The predicted octanol–water partition coefficient (Wildman–Crippen LogP) is 14.2. The Bertz CT molecular complexity index is 2940. The van der Waals surface area contributed by atoms with E-state index in [1.54, 1.807) is 0 Å². The number of benzene rings is 9. The molecule has 0 radical (unpaired) electrons. The third kappa shape index (κ3) is 4.62. The summed E-state index contributed by atoms with van der Waals surface area (Å²) in [6.45, 7) is 0. The van der Waals surface area contributed by atoms with E-state index in [1.807, 2.05) is 0 Å². The summed E-state index contributed by atoms with van der Waals surface area (Å²) in [5.41, 5.74) is 14.6. The minimum Gasteiger partial charge on any atom is -0.455 e. The largest absolute Gasteiger partial charge is 0.455 e. The molecule has 0 aliphatic heterocycles. The van der Waals surface area contributed by atoms with Gasteiger partial charge in [0, 0.05) is 32.9 Å². The molecular weight excluding hydrogens is 667 g/mol. The molecule has 1 aliphatic rings. The summed E-state index contributed by atoms with van der Waals surface area (Å²) in [5.74, 6) is 0. The van der Waals surface area contributed by atoms with E-state index in [0.717, 1.165) is 55.3 Å². The predicted molar refractivity (Wildman–Crippen MR) is 229 cm³/mol. The van der Waals surface area contributed by atoms with Crippen molar-refractivity contribution in [3.63, 3.8) is 0 Å². The van der Waals surface area contributed by atoms with Crippen LogP contribution in [0.2, 0.25) is 0 Å². The quantitative estimate of drug-likeness (QED) is 0.172. The van der Waals surface area contributed by atoms with Gasteiger partial charge in [-0.1, -0.05) is 176 Å². The zero-order valence-corrected chi connectivity index (χ0v) is 30.1. The smallest absolute Gasteiger partial charge is 0.143 e. The Morgan fingerprint density at radius 1 is 0.382 bits per heavy atom. The summed E-state index contributed by atoms with van der Waals surface area (Å²) in [7, 11) is 0. The molecule has 258 valence electrons. The summed E-state index contributed by atoms with van der Waals surface area (Å²) in [6, 6.07) is 76.8. The van der Waals surface area contributed by atoms with E-state index in [1.165, 1.54) is 38.9 Å². The molecule has 0 unspecified atom stereocenters. The molecule has 1 heterocycles. The molecule has 2 nitrogen and oxygen atoms in total. The fourth-order valence-corrected chi connectivity index (χ4v) is 9.34. The zero-order chi connectivity index (χ0) is 36.3. The number of rotatable bonds is 6. The van der Waals surface area contributed by atoms with E-state index >= 15 is 0 Å². The Kier molecular flexibility index (Phi) is 7.11. The second-order valence-electron chi connectivity index (χ2n) is 14.4. The van der Waals surface area contributed by atoms with Gasteiger partial charge >= 0.3 is 0 Å². The van der Waals surface area contributed by atoms with Gasteiger partial charge in [0.15, 0.2) is 0 Å². The normalized spacial score (nSPS) is 12.9. The first-order chi connectivity index (χ1) is 27.3. The fraction of sp³-hybridized carbons (Fsp3) is 0.0189. The SMILES string of the molecule is c1ccc(N(c2ccccc2)c2cc3c(oc4cccc(-c5cccc6c5-c5ccccc5C6(c5ccccc5)c5ccccc5)c43)c3ccccc23)cc1. The van der Waals surface area contributed by atoms with Gasteiger partial charge in [0.25, 0.3) is 0 Å². The average molecular weight is 702 g/mol. The summed E-state index contributed by atoms with van der Waals surface area (Å²) in [5, 5.41) is 4.43. The van der Waals surface area contributed by atoms with E-state index in [2.05, 4.69) is 217 Å². The zero-order valence-electron chi connectivity index (χ0n) is 30.1. The van der Waals surface area contributed by atoms with Crippen LogP contribution in [0.5, 0.6) is 0 Å². The third-order valence-electron chi connectivity index (χ3n) is 11.5. The van der Waals surface area contributed by atoms with Crippen molar-refractivity contribution in [1.29, 1.82) is 0 Å². The first kappa shape index (κ1) is 31.4. The van der Waals surface area contributed by atoms with Crippen LogP contribution in [0, 0.1) is 0 Å². The maximum atomic E-state index is 6.92. The number of para-hydroxylation sites is 2. The second kappa shape index (κ2) is 12.5. The summed E-state index contributed by atoms with van der Waals surface area (Å²) in [4.78, 5) is 2.37. The van der Waals surface area contributed by atoms with Gasteiger partial charge in [0.05, 0.1) is 11.1 Å². The van der Waals surface area contributed by atoms with Crippen molar-refractivity contribution in [3.05, 3.63) is 235 Å². The molecule has 55 heavy (non-hydrogen) atoms. The summed E-state index contributed by atoms with van der Waals surface area (Å²) in [6.07, 6.45) is 0. The van der Waals surface area contributed by atoms with Crippen molar-refractivity contribution >= 4 is 49.8 Å². The van der Waals surface area contributed by atoms with Crippen LogP contribution in [0.15, 0.2) is 217 Å². The van der Waals surface area contributed by atoms with Crippen molar-refractivity contribution in [2.75, 3.05) is 4.90 Å². The lowest BCUT2D eigenvalue weighted by Gasteiger charge is -2.34. The van der Waals surface area contributed by atoms with Gasteiger partial charge in [-0.25, -0.2) is 0 Å². The Morgan fingerprint density at radius 2 is 0.891 bits per heavy atom. The molecule has 9 aromatic carbocycles. The number of hydrogen-bond donors (Lipinski definition) is 0. The Hall–Kier alpha value is -7.16. The van der Waals surface area contributed by atoms with Crippen LogP contribution in [-0.2, 0) is 5.41 Å². The lowest BCUT2D eigenvalue weighted by atomic mass is 9.67. The van der Waals surface area contributed by atoms with E-state index < -0.39 is 5.41 Å². The molecule has 0 atom stereocenters. The highest BCUT2D eigenvalue weighted by Crippen LogP contribution is 2.59. The van der Waals surface area contributed by atoms with Crippen molar-refractivity contribution < 1.29 is 4.42 Å². The number of furan rings is 1. The molecule has 1 aromatic heterocycles. The van der Waals surface area contributed by atoms with Crippen LogP contribution < -0.4 is 4.90 Å². The third-order valence-corrected chi connectivity index (χ3v) is 11.5. The molecule has 0 spiro atoms. The standard InChI is InChI=1S/C53H35NO/c1-5-19-36(20-6-1)53(37-21-7-2-8-22-37)46-32-16-15-29-44(46)50-41(30-17-33-47(50)53)42-31-18-34-49-51(42)45-35-48(40-27-13-14-28-43(40)52(45)55-49)54(38-23-9-3-10-24-38)39-25-11-4-12-26-39/h1-35H. The first-order valence-corrected chi connectivity index (χ1v) is 18.9. The van der Waals surface area contributed by atoms with E-state index in [9.17, 15) is 0 Å². The van der Waals surface area contributed by atoms with Crippen LogP contribution >= 0.6 is 0 Å². The van der Waals surface area contributed by atoms with Gasteiger partial charge < -0.3 is 9.32 Å². The summed E-state index contributed by atoms with van der Waals surface area (Å²) < 4.78 is 6.92. The Balaban J connectivity index is 1.24. The average Bonchev–Trinajstić information content (AvgIpc) is 3.80. The van der Waals surface area contributed by atoms with Gasteiger partial charge in [0.1, 0.15) is 11.2 Å².